The first-order valence-corrected chi connectivity index (χ1v) is 10.5. The van der Waals surface area contributed by atoms with Crippen molar-refractivity contribution in [2.75, 3.05) is 18.0 Å². The van der Waals surface area contributed by atoms with Crippen molar-refractivity contribution in [3.8, 4) is 5.75 Å². The third kappa shape index (κ3) is 3.41. The largest absolute Gasteiger partial charge is 0.435 e. The monoisotopic (exact) mass is 455 g/mol. The Hall–Kier alpha value is -3.83. The molecule has 2 aliphatic rings. The van der Waals surface area contributed by atoms with Crippen LogP contribution in [0.4, 0.5) is 14.5 Å². The van der Waals surface area contributed by atoms with Gasteiger partial charge in [-0.3, -0.25) is 9.36 Å². The first kappa shape index (κ1) is 19.8. The summed E-state index contributed by atoms with van der Waals surface area (Å²) in [7, 11) is 1.74. The predicted molar refractivity (Wildman–Crippen MR) is 111 cm³/mol. The Balaban J connectivity index is 1.11. The number of anilines is 1. The number of fused-ring (bicyclic) bond motifs is 2. The number of aromatic nitrogens is 6. The first-order valence-electron chi connectivity index (χ1n) is 10.5. The highest BCUT2D eigenvalue weighted by atomic mass is 19.3. The number of piperidine rings is 1. The highest BCUT2D eigenvalue weighted by Crippen LogP contribution is 2.57. The second-order valence-electron chi connectivity index (χ2n) is 8.38. The average Bonchev–Trinajstić information content (AvgIpc) is 3.20. The molecule has 4 aromatic rings. The molecule has 1 saturated carbocycles. The highest BCUT2D eigenvalue weighted by molar-refractivity contribution is 5.68. The number of ether oxygens (including phenoxy) is 1. The summed E-state index contributed by atoms with van der Waals surface area (Å²) in [4.78, 5) is 27.7. The fraction of sp³-hybridized carbons (Fsp3) is 0.381. The zero-order valence-electron chi connectivity index (χ0n) is 17.5. The van der Waals surface area contributed by atoms with Crippen LogP contribution in [0.5, 0.6) is 5.75 Å². The average molecular weight is 455 g/mol. The van der Waals surface area contributed by atoms with Gasteiger partial charge in [0, 0.05) is 31.7 Å². The summed E-state index contributed by atoms with van der Waals surface area (Å²) >= 11 is 0. The van der Waals surface area contributed by atoms with E-state index < -0.39 is 6.61 Å². The molecule has 3 atom stereocenters. The van der Waals surface area contributed by atoms with Gasteiger partial charge in [0.25, 0.3) is 5.56 Å². The van der Waals surface area contributed by atoms with Crippen molar-refractivity contribution in [1.29, 1.82) is 0 Å². The van der Waals surface area contributed by atoms with Crippen molar-refractivity contribution >= 4 is 16.9 Å². The molecule has 0 spiro atoms. The number of hydrogen-bond donors (Lipinski definition) is 0. The van der Waals surface area contributed by atoms with Gasteiger partial charge in [0.1, 0.15) is 18.6 Å². The maximum absolute atomic E-state index is 12.7. The van der Waals surface area contributed by atoms with E-state index in [0.717, 1.165) is 18.8 Å². The Morgan fingerprint density at radius 1 is 1.15 bits per heavy atom. The quantitative estimate of drug-likeness (QED) is 0.435. The van der Waals surface area contributed by atoms with E-state index in [-0.39, 0.29) is 23.8 Å². The van der Waals surface area contributed by atoms with Crippen molar-refractivity contribution in [3.63, 3.8) is 0 Å². The molecule has 1 aliphatic carbocycles. The van der Waals surface area contributed by atoms with Gasteiger partial charge in [0.15, 0.2) is 17.0 Å². The van der Waals surface area contributed by atoms with E-state index >= 15 is 0 Å². The molecule has 0 N–H and O–H groups in total. The van der Waals surface area contributed by atoms with Crippen LogP contribution in [-0.4, -0.2) is 48.9 Å². The Kier molecular flexibility index (Phi) is 4.42. The molecular weight excluding hydrogens is 436 g/mol. The number of alkyl halides is 2. The zero-order chi connectivity index (χ0) is 22.7. The van der Waals surface area contributed by atoms with E-state index in [1.165, 1.54) is 10.9 Å². The number of imidazole rings is 1. The summed E-state index contributed by atoms with van der Waals surface area (Å²) in [5.74, 6) is 2.18. The van der Waals surface area contributed by atoms with Crippen LogP contribution in [-0.2, 0) is 13.6 Å². The van der Waals surface area contributed by atoms with Gasteiger partial charge in [0.05, 0.1) is 6.33 Å². The Labute approximate surface area is 185 Å². The van der Waals surface area contributed by atoms with Crippen LogP contribution in [0, 0.1) is 11.8 Å². The Morgan fingerprint density at radius 3 is 2.61 bits per heavy atom. The lowest BCUT2D eigenvalue weighted by atomic mass is 10.2. The third-order valence-electron chi connectivity index (χ3n) is 6.41. The van der Waals surface area contributed by atoms with Gasteiger partial charge in [0.2, 0.25) is 5.89 Å². The van der Waals surface area contributed by atoms with Crippen LogP contribution in [0.2, 0.25) is 0 Å². The number of hydrogen-bond acceptors (Lipinski definition) is 8. The van der Waals surface area contributed by atoms with Crippen molar-refractivity contribution in [1.82, 2.24) is 29.2 Å². The van der Waals surface area contributed by atoms with E-state index in [1.807, 2.05) is 0 Å². The van der Waals surface area contributed by atoms with Gasteiger partial charge in [-0.05, 0) is 36.1 Å². The molecule has 33 heavy (non-hydrogen) atoms. The number of rotatable bonds is 6. The molecule has 10 nitrogen and oxygen atoms in total. The van der Waals surface area contributed by atoms with Crippen LogP contribution >= 0.6 is 0 Å². The lowest BCUT2D eigenvalue weighted by Crippen LogP contribution is -2.23. The fourth-order valence-electron chi connectivity index (χ4n) is 4.76. The molecule has 3 aromatic heterocycles. The smallest absolute Gasteiger partial charge is 0.387 e. The summed E-state index contributed by atoms with van der Waals surface area (Å²) in [5, 5.41) is 4.15. The van der Waals surface area contributed by atoms with E-state index in [0.29, 0.717) is 34.7 Å². The lowest BCUT2D eigenvalue weighted by Gasteiger charge is -2.21. The number of benzene rings is 1. The topological polar surface area (TPSA) is 104 Å². The molecule has 2 unspecified atom stereocenters. The van der Waals surface area contributed by atoms with Gasteiger partial charge in [-0.15, -0.1) is 0 Å². The van der Waals surface area contributed by atoms with E-state index in [4.69, 9.17) is 4.52 Å². The molecule has 1 aliphatic heterocycles. The van der Waals surface area contributed by atoms with Gasteiger partial charge in [-0.1, -0.05) is 5.16 Å². The molecule has 6 rings (SSSR count). The molecule has 0 amide bonds. The molecule has 170 valence electrons. The van der Waals surface area contributed by atoms with Crippen LogP contribution in [0.1, 0.15) is 17.6 Å². The molecule has 1 aromatic carbocycles. The Morgan fingerprint density at radius 2 is 1.88 bits per heavy atom. The maximum Gasteiger partial charge on any atom is 0.387 e. The van der Waals surface area contributed by atoms with Gasteiger partial charge in [-0.25, -0.2) is 9.97 Å². The summed E-state index contributed by atoms with van der Waals surface area (Å²) in [5.41, 5.74) is 1.57. The molecular formula is C21H19F2N7O3. The van der Waals surface area contributed by atoms with Crippen LogP contribution < -0.4 is 15.2 Å². The third-order valence-corrected chi connectivity index (χ3v) is 6.41. The van der Waals surface area contributed by atoms with Crippen molar-refractivity contribution in [2.24, 2.45) is 18.9 Å². The molecule has 1 saturated heterocycles. The molecule has 0 bridgehead atoms. The van der Waals surface area contributed by atoms with Gasteiger partial charge in [-0.2, -0.15) is 13.8 Å². The van der Waals surface area contributed by atoms with Gasteiger partial charge < -0.3 is 18.7 Å². The minimum atomic E-state index is -2.83. The van der Waals surface area contributed by atoms with E-state index in [9.17, 15) is 13.6 Å². The summed E-state index contributed by atoms with van der Waals surface area (Å²) in [6.45, 7) is -1.03. The maximum atomic E-state index is 12.7. The molecule has 4 heterocycles. The molecule has 0 radical (unpaired) electrons. The normalized spacial score (nSPS) is 21.7. The van der Waals surface area contributed by atoms with Crippen molar-refractivity contribution < 1.29 is 18.0 Å². The standard InChI is InChI=1S/C21H19F2N7O3/c1-28-9-24-19-17(28)20(31)30(10-25-19)8-15-26-18(27-33-15)16-13-6-29(7-14(13)16)11-2-4-12(5-3-11)32-21(22)23/h2-5,9-10,13-14,16,21H,6-8H2,1H3/t13-,14?,16?/m0/s1. The predicted octanol–water partition coefficient (Wildman–Crippen LogP) is 2.01. The van der Waals surface area contributed by atoms with Gasteiger partial charge >= 0.3 is 6.61 Å². The Bertz CT molecular complexity index is 1370. The van der Waals surface area contributed by atoms with E-state index in [1.54, 1.807) is 42.2 Å². The van der Waals surface area contributed by atoms with E-state index in [2.05, 4.69) is 29.7 Å². The first-order chi connectivity index (χ1) is 16.0. The van der Waals surface area contributed by atoms with Crippen LogP contribution in [0.3, 0.4) is 0 Å². The minimum absolute atomic E-state index is 0.140. The summed E-state index contributed by atoms with van der Waals surface area (Å²) < 4.78 is 37.5. The van der Waals surface area contributed by atoms with Crippen molar-refractivity contribution in [2.45, 2.75) is 19.1 Å². The highest BCUT2D eigenvalue weighted by Gasteiger charge is 2.58. The van der Waals surface area contributed by atoms with Crippen LogP contribution in [0.15, 0.2) is 46.2 Å². The van der Waals surface area contributed by atoms with Crippen LogP contribution in [0.25, 0.3) is 11.2 Å². The lowest BCUT2D eigenvalue weighted by molar-refractivity contribution is -0.0498. The number of nitrogens with zero attached hydrogens (tertiary/aromatic N) is 7. The molecule has 12 heteroatoms. The summed E-state index contributed by atoms with van der Waals surface area (Å²) in [6, 6.07) is 6.67. The number of aryl methyl sites for hydroxylation is 1. The zero-order valence-corrected chi connectivity index (χ0v) is 17.5. The SMILES string of the molecule is Cn1cnc2ncn(Cc3nc(C4C5CN(c6ccc(OC(F)F)cc6)C[C@@H]54)no3)c(=O)c21. The summed E-state index contributed by atoms with van der Waals surface area (Å²) in [6.07, 6.45) is 2.98. The fourth-order valence-corrected chi connectivity index (χ4v) is 4.76. The second kappa shape index (κ2) is 7.36. The molecule has 2 fully saturated rings. The number of halogens is 2. The van der Waals surface area contributed by atoms with Crippen molar-refractivity contribution in [3.05, 3.63) is 59.0 Å². The second-order valence-corrected chi connectivity index (χ2v) is 8.38. The minimum Gasteiger partial charge on any atom is -0.435 e.